The third-order valence-electron chi connectivity index (χ3n) is 5.13. The number of aryl methyl sites for hydroxylation is 3. The van der Waals surface area contributed by atoms with Crippen molar-refractivity contribution in [2.24, 2.45) is 7.05 Å². The number of pyridine rings is 2. The maximum Gasteiger partial charge on any atom is 0.274 e. The largest absolute Gasteiger partial charge is 0.357 e. The van der Waals surface area contributed by atoms with Gasteiger partial charge in [-0.05, 0) is 42.7 Å². The van der Waals surface area contributed by atoms with Crippen molar-refractivity contribution in [3.63, 3.8) is 0 Å². The number of amides is 1. The number of fused-ring (bicyclic) bond motifs is 1. The summed E-state index contributed by atoms with van der Waals surface area (Å²) in [5.41, 5.74) is 5.07. The molecule has 3 aromatic heterocycles. The van der Waals surface area contributed by atoms with Crippen molar-refractivity contribution in [1.82, 2.24) is 14.5 Å². The molecule has 29 heavy (non-hydrogen) atoms. The number of benzene rings is 1. The van der Waals surface area contributed by atoms with Crippen LogP contribution >= 0.6 is 0 Å². The molecule has 0 saturated carbocycles. The van der Waals surface area contributed by atoms with Crippen LogP contribution in [0.5, 0.6) is 0 Å². The normalized spacial score (nSPS) is 11.0. The third kappa shape index (κ3) is 3.57. The summed E-state index contributed by atoms with van der Waals surface area (Å²) in [7, 11) is 1.72. The van der Waals surface area contributed by atoms with Crippen LogP contribution in [0.2, 0.25) is 0 Å². The highest BCUT2D eigenvalue weighted by Crippen LogP contribution is 2.28. The van der Waals surface area contributed by atoms with Gasteiger partial charge >= 0.3 is 0 Å². The van der Waals surface area contributed by atoms with E-state index in [1.165, 1.54) is 0 Å². The fourth-order valence-electron chi connectivity index (χ4n) is 3.50. The second-order valence-corrected chi connectivity index (χ2v) is 7.24. The highest BCUT2D eigenvalue weighted by molar-refractivity contribution is 5.95. The minimum absolute atomic E-state index is 0.0888. The van der Waals surface area contributed by atoms with Crippen molar-refractivity contribution < 1.29 is 4.79 Å². The van der Waals surface area contributed by atoms with Gasteiger partial charge in [0.1, 0.15) is 11.3 Å². The lowest BCUT2D eigenvalue weighted by Crippen LogP contribution is -2.17. The zero-order valence-electron chi connectivity index (χ0n) is 16.6. The SMILES string of the molecule is Cc1ccccc1CC(=O)Nc1ccc(C)c(-c2cn(C)c(=O)c3[nH]ccc23)n1. The van der Waals surface area contributed by atoms with Gasteiger partial charge in [-0.1, -0.05) is 30.3 Å². The van der Waals surface area contributed by atoms with E-state index in [-0.39, 0.29) is 11.5 Å². The van der Waals surface area contributed by atoms with Crippen LogP contribution in [0.15, 0.2) is 59.7 Å². The van der Waals surface area contributed by atoms with Crippen LogP contribution in [0.25, 0.3) is 22.2 Å². The Hall–Kier alpha value is -3.67. The maximum atomic E-state index is 12.5. The molecule has 0 unspecified atom stereocenters. The summed E-state index contributed by atoms with van der Waals surface area (Å²) in [4.78, 5) is 32.6. The van der Waals surface area contributed by atoms with Gasteiger partial charge in [0.2, 0.25) is 5.91 Å². The number of hydrogen-bond acceptors (Lipinski definition) is 3. The first kappa shape index (κ1) is 18.7. The van der Waals surface area contributed by atoms with Crippen molar-refractivity contribution in [2.45, 2.75) is 20.3 Å². The van der Waals surface area contributed by atoms with Gasteiger partial charge in [-0.15, -0.1) is 0 Å². The predicted molar refractivity (Wildman–Crippen MR) is 115 cm³/mol. The quantitative estimate of drug-likeness (QED) is 0.561. The second kappa shape index (κ2) is 7.39. The van der Waals surface area contributed by atoms with E-state index in [4.69, 9.17) is 0 Å². The lowest BCUT2D eigenvalue weighted by atomic mass is 10.0. The summed E-state index contributed by atoms with van der Waals surface area (Å²) in [5, 5.41) is 3.71. The van der Waals surface area contributed by atoms with Gasteiger partial charge in [0.25, 0.3) is 5.56 Å². The zero-order chi connectivity index (χ0) is 20.5. The van der Waals surface area contributed by atoms with Crippen LogP contribution < -0.4 is 10.9 Å². The van der Waals surface area contributed by atoms with Crippen molar-refractivity contribution in [3.05, 3.63) is 81.9 Å². The molecule has 0 bridgehead atoms. The molecule has 2 N–H and O–H groups in total. The Morgan fingerprint density at radius 2 is 1.90 bits per heavy atom. The molecule has 6 nitrogen and oxygen atoms in total. The molecule has 0 spiro atoms. The number of H-pyrrole nitrogens is 1. The summed E-state index contributed by atoms with van der Waals surface area (Å²) in [6.07, 6.45) is 3.82. The summed E-state index contributed by atoms with van der Waals surface area (Å²) >= 11 is 0. The molecule has 0 atom stereocenters. The Labute approximate surface area is 168 Å². The Morgan fingerprint density at radius 3 is 2.69 bits per heavy atom. The van der Waals surface area contributed by atoms with E-state index >= 15 is 0 Å². The van der Waals surface area contributed by atoms with Crippen LogP contribution in [0, 0.1) is 13.8 Å². The van der Waals surface area contributed by atoms with Gasteiger partial charge < -0.3 is 14.9 Å². The highest BCUT2D eigenvalue weighted by Gasteiger charge is 2.14. The number of carbonyl (C=O) groups is 1. The molecular weight excluding hydrogens is 364 g/mol. The molecule has 0 aliphatic heterocycles. The van der Waals surface area contributed by atoms with Gasteiger partial charge in [-0.25, -0.2) is 4.98 Å². The van der Waals surface area contributed by atoms with E-state index in [1.54, 1.807) is 30.1 Å². The molecular formula is C23H22N4O2. The summed E-state index contributed by atoms with van der Waals surface area (Å²) in [5.74, 6) is 0.371. The van der Waals surface area contributed by atoms with Crippen LogP contribution in [0.1, 0.15) is 16.7 Å². The van der Waals surface area contributed by atoms with Crippen LogP contribution in [-0.4, -0.2) is 20.4 Å². The molecule has 1 amide bonds. The smallest absolute Gasteiger partial charge is 0.274 e. The van der Waals surface area contributed by atoms with E-state index < -0.39 is 0 Å². The fourth-order valence-corrected chi connectivity index (χ4v) is 3.50. The van der Waals surface area contributed by atoms with E-state index in [2.05, 4.69) is 15.3 Å². The Morgan fingerprint density at radius 1 is 1.10 bits per heavy atom. The third-order valence-corrected chi connectivity index (χ3v) is 5.13. The second-order valence-electron chi connectivity index (χ2n) is 7.24. The van der Waals surface area contributed by atoms with Gasteiger partial charge in [-0.2, -0.15) is 0 Å². The van der Waals surface area contributed by atoms with Gasteiger partial charge in [0.05, 0.1) is 12.1 Å². The Bertz CT molecular complexity index is 1280. The fraction of sp³-hybridized carbons (Fsp3) is 0.174. The van der Waals surface area contributed by atoms with Gasteiger partial charge in [0, 0.05) is 30.4 Å². The average molecular weight is 386 g/mol. The number of nitrogens with one attached hydrogen (secondary N) is 2. The molecule has 1 aromatic carbocycles. The molecule has 0 saturated heterocycles. The van der Waals surface area contributed by atoms with Crippen molar-refractivity contribution in [2.75, 3.05) is 5.32 Å². The molecule has 146 valence electrons. The molecule has 4 aromatic rings. The van der Waals surface area contributed by atoms with Crippen molar-refractivity contribution >= 4 is 22.6 Å². The highest BCUT2D eigenvalue weighted by atomic mass is 16.1. The van der Waals surface area contributed by atoms with Crippen LogP contribution in [0.3, 0.4) is 0 Å². The lowest BCUT2D eigenvalue weighted by Gasteiger charge is -2.12. The van der Waals surface area contributed by atoms with Crippen LogP contribution in [0.4, 0.5) is 5.82 Å². The number of carbonyl (C=O) groups excluding carboxylic acids is 1. The summed E-state index contributed by atoms with van der Waals surface area (Å²) < 4.78 is 1.54. The number of aromatic amines is 1. The molecule has 3 heterocycles. The number of hydrogen-bond donors (Lipinski definition) is 2. The minimum atomic E-state index is -0.117. The zero-order valence-corrected chi connectivity index (χ0v) is 16.6. The van der Waals surface area contributed by atoms with Crippen molar-refractivity contribution in [1.29, 1.82) is 0 Å². The molecule has 0 radical (unpaired) electrons. The number of aromatic nitrogens is 3. The van der Waals surface area contributed by atoms with E-state index in [9.17, 15) is 9.59 Å². The summed E-state index contributed by atoms with van der Waals surface area (Å²) in [6.45, 7) is 3.96. The minimum Gasteiger partial charge on any atom is -0.357 e. The Kier molecular flexibility index (Phi) is 4.76. The number of anilines is 1. The maximum absolute atomic E-state index is 12.5. The van der Waals surface area contributed by atoms with E-state index in [0.29, 0.717) is 17.8 Å². The molecule has 0 fully saturated rings. The van der Waals surface area contributed by atoms with Gasteiger partial charge in [-0.3, -0.25) is 9.59 Å². The first-order valence-electron chi connectivity index (χ1n) is 9.43. The molecule has 0 aliphatic rings. The van der Waals surface area contributed by atoms with E-state index in [1.807, 2.05) is 50.2 Å². The van der Waals surface area contributed by atoms with Crippen molar-refractivity contribution in [3.8, 4) is 11.3 Å². The van der Waals surface area contributed by atoms with Gasteiger partial charge in [0.15, 0.2) is 0 Å². The first-order valence-corrected chi connectivity index (χ1v) is 9.43. The van der Waals surface area contributed by atoms with E-state index in [0.717, 1.165) is 33.3 Å². The lowest BCUT2D eigenvalue weighted by molar-refractivity contribution is -0.115. The molecule has 0 aliphatic carbocycles. The number of nitrogens with zero attached hydrogens (tertiary/aromatic N) is 2. The monoisotopic (exact) mass is 386 g/mol. The standard InChI is InChI=1S/C23H22N4O2/c1-14-6-4-5-7-16(14)12-20(28)25-19-9-8-15(2)21(26-19)18-13-27(3)23(29)22-17(18)10-11-24-22/h4-11,13,24H,12H2,1-3H3,(H,25,26,28). The first-order chi connectivity index (χ1) is 13.9. The summed E-state index contributed by atoms with van der Waals surface area (Å²) in [6, 6.07) is 13.4. The topological polar surface area (TPSA) is 79.8 Å². The molecule has 6 heteroatoms. The van der Waals surface area contributed by atoms with Crippen LogP contribution in [-0.2, 0) is 18.3 Å². The average Bonchev–Trinajstić information content (AvgIpc) is 3.18. The Balaban J connectivity index is 1.68. The molecule has 4 rings (SSSR count). The predicted octanol–water partition coefficient (Wildman–Crippen LogP) is 3.73. The number of rotatable bonds is 4.